The number of carbonyl (C=O) groups is 3. The summed E-state index contributed by atoms with van der Waals surface area (Å²) in [4.78, 5) is 35.0. The van der Waals surface area contributed by atoms with Crippen LogP contribution >= 0.6 is 11.6 Å². The van der Waals surface area contributed by atoms with Crippen molar-refractivity contribution in [2.45, 2.75) is 19.0 Å². The molecule has 28 heavy (non-hydrogen) atoms. The highest BCUT2D eigenvalue weighted by atomic mass is 35.5. The predicted molar refractivity (Wildman–Crippen MR) is 101 cm³/mol. The third kappa shape index (κ3) is 6.88. The van der Waals surface area contributed by atoms with Crippen molar-refractivity contribution in [1.82, 2.24) is 10.6 Å². The number of urea groups is 1. The van der Waals surface area contributed by atoms with E-state index in [2.05, 4.69) is 10.6 Å². The number of hydrogen-bond acceptors (Lipinski definition) is 4. The SMILES string of the molecule is NC(=O)N[C@@H](CC(=O)OCC(=O)NCc1ccccc1F)c1ccc(Cl)cc1. The zero-order valence-corrected chi connectivity index (χ0v) is 15.5. The van der Waals surface area contributed by atoms with E-state index in [4.69, 9.17) is 22.1 Å². The van der Waals surface area contributed by atoms with Crippen molar-refractivity contribution in [2.75, 3.05) is 6.61 Å². The Morgan fingerprint density at radius 2 is 1.79 bits per heavy atom. The Labute approximate surface area is 166 Å². The Balaban J connectivity index is 1.84. The third-order valence-electron chi connectivity index (χ3n) is 3.76. The van der Waals surface area contributed by atoms with Gasteiger partial charge in [0, 0.05) is 17.1 Å². The largest absolute Gasteiger partial charge is 0.456 e. The summed E-state index contributed by atoms with van der Waals surface area (Å²) < 4.78 is 18.4. The van der Waals surface area contributed by atoms with Gasteiger partial charge in [0.15, 0.2) is 6.61 Å². The zero-order valence-electron chi connectivity index (χ0n) is 14.8. The molecule has 0 heterocycles. The fraction of sp³-hybridized carbons (Fsp3) is 0.211. The number of amides is 3. The third-order valence-corrected chi connectivity index (χ3v) is 4.01. The van der Waals surface area contributed by atoms with Crippen molar-refractivity contribution in [3.05, 3.63) is 70.5 Å². The molecule has 0 spiro atoms. The fourth-order valence-corrected chi connectivity index (χ4v) is 2.50. The van der Waals surface area contributed by atoms with Crippen molar-refractivity contribution < 1.29 is 23.5 Å². The first-order chi connectivity index (χ1) is 13.3. The first-order valence-corrected chi connectivity index (χ1v) is 8.70. The first-order valence-electron chi connectivity index (χ1n) is 8.32. The number of hydrogen-bond donors (Lipinski definition) is 3. The molecule has 0 bridgehead atoms. The zero-order chi connectivity index (χ0) is 20.5. The van der Waals surface area contributed by atoms with E-state index >= 15 is 0 Å². The van der Waals surface area contributed by atoms with Gasteiger partial charge in [0.05, 0.1) is 12.5 Å². The number of primary amides is 1. The lowest BCUT2D eigenvalue weighted by Gasteiger charge is -2.17. The summed E-state index contributed by atoms with van der Waals surface area (Å²) in [5, 5.41) is 5.39. The molecule has 2 rings (SSSR count). The van der Waals surface area contributed by atoms with Crippen molar-refractivity contribution in [1.29, 1.82) is 0 Å². The van der Waals surface area contributed by atoms with Gasteiger partial charge in [-0.2, -0.15) is 0 Å². The van der Waals surface area contributed by atoms with E-state index < -0.39 is 36.4 Å². The maximum atomic E-state index is 13.5. The molecule has 0 radical (unpaired) electrons. The van der Waals surface area contributed by atoms with Gasteiger partial charge in [0.2, 0.25) is 0 Å². The van der Waals surface area contributed by atoms with Crippen molar-refractivity contribution in [3.63, 3.8) is 0 Å². The minimum absolute atomic E-state index is 0.0281. The van der Waals surface area contributed by atoms with Gasteiger partial charge in [-0.25, -0.2) is 9.18 Å². The van der Waals surface area contributed by atoms with Crippen LogP contribution in [0, 0.1) is 5.82 Å². The van der Waals surface area contributed by atoms with Crippen LogP contribution in [0.25, 0.3) is 0 Å². The molecule has 4 N–H and O–H groups in total. The van der Waals surface area contributed by atoms with Crippen LogP contribution in [0.5, 0.6) is 0 Å². The number of nitrogens with one attached hydrogen (secondary N) is 2. The molecule has 7 nitrogen and oxygen atoms in total. The molecular formula is C19H19ClFN3O4. The van der Waals surface area contributed by atoms with Gasteiger partial charge in [-0.1, -0.05) is 41.9 Å². The molecule has 0 aliphatic carbocycles. The van der Waals surface area contributed by atoms with Crippen molar-refractivity contribution in [3.8, 4) is 0 Å². The van der Waals surface area contributed by atoms with Crippen LogP contribution in [0.1, 0.15) is 23.6 Å². The van der Waals surface area contributed by atoms with Gasteiger partial charge in [0.25, 0.3) is 5.91 Å². The van der Waals surface area contributed by atoms with Crippen LogP contribution in [0.4, 0.5) is 9.18 Å². The molecule has 0 aliphatic heterocycles. The van der Waals surface area contributed by atoms with E-state index in [0.29, 0.717) is 16.1 Å². The lowest BCUT2D eigenvalue weighted by Crippen LogP contribution is -2.35. The summed E-state index contributed by atoms with van der Waals surface area (Å²) >= 11 is 5.82. The Hall–Kier alpha value is -3.13. The van der Waals surface area contributed by atoms with Crippen molar-refractivity contribution in [2.24, 2.45) is 5.73 Å². The molecule has 148 valence electrons. The Morgan fingerprint density at radius 3 is 2.43 bits per heavy atom. The number of benzene rings is 2. The summed E-state index contributed by atoms with van der Waals surface area (Å²) in [6.07, 6.45) is -0.231. The van der Waals surface area contributed by atoms with Crippen LogP contribution in [0.3, 0.4) is 0 Å². The normalized spacial score (nSPS) is 11.4. The van der Waals surface area contributed by atoms with E-state index in [9.17, 15) is 18.8 Å². The average Bonchev–Trinajstić information content (AvgIpc) is 2.65. The summed E-state index contributed by atoms with van der Waals surface area (Å²) in [5.74, 6) is -1.74. The Bertz CT molecular complexity index is 845. The predicted octanol–water partition coefficient (Wildman–Crippen LogP) is 2.44. The Morgan fingerprint density at radius 1 is 1.11 bits per heavy atom. The van der Waals surface area contributed by atoms with Crippen LogP contribution in [-0.2, 0) is 20.9 Å². The van der Waals surface area contributed by atoms with Gasteiger partial charge in [-0.3, -0.25) is 9.59 Å². The summed E-state index contributed by atoms with van der Waals surface area (Å²) in [6, 6.07) is 10.9. The number of nitrogens with two attached hydrogens (primary N) is 1. The van der Waals surface area contributed by atoms with E-state index in [1.165, 1.54) is 12.1 Å². The second kappa shape index (κ2) is 10.3. The molecule has 0 saturated carbocycles. The number of esters is 1. The maximum Gasteiger partial charge on any atom is 0.312 e. The average molecular weight is 408 g/mol. The first kappa shape index (κ1) is 21.2. The molecule has 2 aromatic carbocycles. The van der Waals surface area contributed by atoms with Gasteiger partial charge in [-0.05, 0) is 23.8 Å². The number of rotatable bonds is 8. The minimum Gasteiger partial charge on any atom is -0.456 e. The highest BCUT2D eigenvalue weighted by Gasteiger charge is 2.19. The van der Waals surface area contributed by atoms with Crippen molar-refractivity contribution >= 4 is 29.5 Å². The second-order valence-electron chi connectivity index (χ2n) is 5.85. The van der Waals surface area contributed by atoms with Crippen LogP contribution in [0.15, 0.2) is 48.5 Å². The molecule has 0 unspecified atom stereocenters. The van der Waals surface area contributed by atoms with Crippen LogP contribution < -0.4 is 16.4 Å². The summed E-state index contributed by atoms with van der Waals surface area (Å²) in [7, 11) is 0. The molecular weight excluding hydrogens is 389 g/mol. The summed E-state index contributed by atoms with van der Waals surface area (Å²) in [5.41, 5.74) is 6.06. The van der Waals surface area contributed by atoms with Gasteiger partial charge in [0.1, 0.15) is 5.82 Å². The van der Waals surface area contributed by atoms with Crippen LogP contribution in [0.2, 0.25) is 5.02 Å². The summed E-state index contributed by atoms with van der Waals surface area (Å²) in [6.45, 7) is -0.559. The molecule has 0 aliphatic rings. The number of carbonyl (C=O) groups excluding carboxylic acids is 3. The molecule has 1 atom stereocenters. The van der Waals surface area contributed by atoms with Gasteiger partial charge >= 0.3 is 12.0 Å². The molecule has 2 aromatic rings. The number of halogens is 2. The highest BCUT2D eigenvalue weighted by Crippen LogP contribution is 2.20. The smallest absolute Gasteiger partial charge is 0.312 e. The second-order valence-corrected chi connectivity index (χ2v) is 6.28. The van der Waals surface area contributed by atoms with E-state index in [1.807, 2.05) is 0 Å². The van der Waals surface area contributed by atoms with E-state index in [1.54, 1.807) is 36.4 Å². The highest BCUT2D eigenvalue weighted by molar-refractivity contribution is 6.30. The van der Waals surface area contributed by atoms with E-state index in [-0.39, 0.29) is 13.0 Å². The molecule has 9 heteroatoms. The topological polar surface area (TPSA) is 111 Å². The standard InChI is InChI=1S/C19H19ClFN3O4/c20-14-7-5-12(6-8-14)16(24-19(22)27)9-18(26)28-11-17(25)23-10-13-3-1-2-4-15(13)21/h1-8,16H,9-11H2,(H,23,25)(H3,22,24,27)/t16-/m0/s1. The maximum absolute atomic E-state index is 13.5. The fourth-order valence-electron chi connectivity index (χ4n) is 2.38. The lowest BCUT2D eigenvalue weighted by molar-refractivity contribution is -0.149. The van der Waals surface area contributed by atoms with E-state index in [0.717, 1.165) is 0 Å². The lowest BCUT2D eigenvalue weighted by atomic mass is 10.0. The minimum atomic E-state index is -0.810. The van der Waals surface area contributed by atoms with Crippen LogP contribution in [-0.4, -0.2) is 24.5 Å². The number of ether oxygens (including phenoxy) is 1. The Kier molecular flexibility index (Phi) is 7.76. The molecule has 0 saturated heterocycles. The molecule has 3 amide bonds. The monoisotopic (exact) mass is 407 g/mol. The molecule has 0 fully saturated rings. The quantitative estimate of drug-likeness (QED) is 0.583. The molecule has 0 aromatic heterocycles. The van der Waals surface area contributed by atoms with Gasteiger partial charge < -0.3 is 21.1 Å². The van der Waals surface area contributed by atoms with Gasteiger partial charge in [-0.15, -0.1) is 0 Å².